The lowest BCUT2D eigenvalue weighted by Gasteiger charge is -2.25. The van der Waals surface area contributed by atoms with Gasteiger partial charge in [-0.15, -0.1) is 0 Å². The predicted molar refractivity (Wildman–Crippen MR) is 129 cm³/mol. The SMILES string of the molecule is C=CN=C(/C=C/C(=O)NC1=NC(C(=N)N(C=N)C2CC2)CC=C1)c1ccc(C2CC2)nc1.[HH]. The Balaban J connectivity index is 0.00000306. The number of aromatic nitrogens is 1. The van der Waals surface area contributed by atoms with Gasteiger partial charge in [-0.3, -0.25) is 30.6 Å². The molecule has 0 radical (unpaired) electrons. The van der Waals surface area contributed by atoms with E-state index in [0.29, 0.717) is 23.9 Å². The number of carbonyl (C=O) groups excluding carboxylic acids is 1. The van der Waals surface area contributed by atoms with Crippen molar-refractivity contribution in [1.29, 1.82) is 10.8 Å². The van der Waals surface area contributed by atoms with Crippen molar-refractivity contribution in [2.45, 2.75) is 50.1 Å². The molecular weight excluding hydrogens is 402 g/mol. The molecule has 1 aromatic rings. The van der Waals surface area contributed by atoms with Crippen molar-refractivity contribution in [2.75, 3.05) is 0 Å². The molecule has 2 heterocycles. The molecule has 8 heteroatoms. The summed E-state index contributed by atoms with van der Waals surface area (Å²) in [5.41, 5.74) is 2.50. The van der Waals surface area contributed by atoms with E-state index in [4.69, 9.17) is 10.8 Å². The Morgan fingerprint density at radius 1 is 1.28 bits per heavy atom. The fraction of sp³-hybridized carbons (Fsp3) is 0.333. The molecule has 3 N–H and O–H groups in total. The van der Waals surface area contributed by atoms with E-state index in [0.717, 1.165) is 24.1 Å². The topological polar surface area (TPSA) is 118 Å². The fourth-order valence-corrected chi connectivity index (χ4v) is 3.53. The summed E-state index contributed by atoms with van der Waals surface area (Å²) in [5.74, 6) is 0.928. The van der Waals surface area contributed by atoms with Crippen molar-refractivity contribution < 1.29 is 6.22 Å². The van der Waals surface area contributed by atoms with Gasteiger partial charge in [-0.25, -0.2) is 0 Å². The predicted octanol–water partition coefficient (Wildman–Crippen LogP) is 3.59. The molecule has 166 valence electrons. The lowest BCUT2D eigenvalue weighted by Crippen LogP contribution is -2.40. The second-order valence-corrected chi connectivity index (χ2v) is 8.09. The van der Waals surface area contributed by atoms with Crippen LogP contribution in [0.15, 0.2) is 65.4 Å². The Morgan fingerprint density at radius 2 is 2.09 bits per heavy atom. The van der Waals surface area contributed by atoms with Gasteiger partial charge in [-0.05, 0) is 56.4 Å². The number of hydrogen-bond acceptors (Lipinski definition) is 6. The van der Waals surface area contributed by atoms with E-state index in [-0.39, 0.29) is 19.2 Å². The van der Waals surface area contributed by atoms with Crippen molar-refractivity contribution >= 4 is 29.6 Å². The van der Waals surface area contributed by atoms with Gasteiger partial charge < -0.3 is 10.2 Å². The summed E-state index contributed by atoms with van der Waals surface area (Å²) in [5, 5.41) is 18.7. The number of pyridine rings is 1. The fourth-order valence-electron chi connectivity index (χ4n) is 3.53. The van der Waals surface area contributed by atoms with Crippen LogP contribution in [0.25, 0.3) is 0 Å². The van der Waals surface area contributed by atoms with Gasteiger partial charge in [0.05, 0.1) is 12.1 Å². The molecule has 0 bridgehead atoms. The number of nitrogens with one attached hydrogen (secondary N) is 3. The van der Waals surface area contributed by atoms with Gasteiger partial charge in [0, 0.05) is 43.1 Å². The molecule has 0 saturated heterocycles. The average molecular weight is 432 g/mol. The lowest BCUT2D eigenvalue weighted by molar-refractivity contribution is -0.115. The molecule has 1 unspecified atom stereocenters. The van der Waals surface area contributed by atoms with Gasteiger partial charge in [-0.2, -0.15) is 0 Å². The van der Waals surface area contributed by atoms with Gasteiger partial charge in [0.15, 0.2) is 0 Å². The number of allylic oxidation sites excluding steroid dienone is 1. The Hall–Kier alpha value is -3.68. The number of dihydropyridines is 1. The van der Waals surface area contributed by atoms with Crippen LogP contribution in [0.3, 0.4) is 0 Å². The van der Waals surface area contributed by atoms with E-state index in [1.807, 2.05) is 18.2 Å². The zero-order valence-electron chi connectivity index (χ0n) is 17.9. The zero-order chi connectivity index (χ0) is 22.5. The Bertz CT molecular complexity index is 1030. The maximum absolute atomic E-state index is 12.5. The molecule has 3 aliphatic rings. The van der Waals surface area contributed by atoms with E-state index in [1.54, 1.807) is 23.2 Å². The van der Waals surface area contributed by atoms with Crippen LogP contribution in [-0.2, 0) is 4.79 Å². The summed E-state index contributed by atoms with van der Waals surface area (Å²) in [6, 6.07) is 3.80. The number of hydrogen-bond donors (Lipinski definition) is 3. The van der Waals surface area contributed by atoms with Crippen molar-refractivity contribution in [3.8, 4) is 0 Å². The van der Waals surface area contributed by atoms with Gasteiger partial charge in [-0.1, -0.05) is 12.7 Å². The molecule has 2 saturated carbocycles. The lowest BCUT2D eigenvalue weighted by atomic mass is 10.1. The molecule has 2 aliphatic carbocycles. The minimum atomic E-state index is -0.407. The van der Waals surface area contributed by atoms with E-state index in [1.165, 1.54) is 31.5 Å². The van der Waals surface area contributed by atoms with Crippen molar-refractivity contribution in [3.05, 3.63) is 66.7 Å². The molecule has 2 fully saturated rings. The highest BCUT2D eigenvalue weighted by Gasteiger charge is 2.33. The Kier molecular flexibility index (Phi) is 6.49. The standard InChI is InChI=1S/C24H27N7O.H2/c1-2-27-20(17-8-11-19(28-14-17)16-6-7-16)12-13-23(32)30-22-5-3-4-21(29-22)24(26)31(15-25)18-9-10-18;/h2-3,5,8,11-16,18,21,25-26H,1,4,6-7,9-10H2,(H,29,30,32);1H/b13-12+,25-15?,26-24?,27-20?;. The average Bonchev–Trinajstić information content (AvgIpc) is 3.71. The maximum Gasteiger partial charge on any atom is 0.249 e. The van der Waals surface area contributed by atoms with Crippen LogP contribution in [-0.4, -0.2) is 51.6 Å². The zero-order valence-corrected chi connectivity index (χ0v) is 17.9. The minimum Gasteiger partial charge on any atom is -0.317 e. The first-order valence-corrected chi connectivity index (χ1v) is 10.8. The van der Waals surface area contributed by atoms with Crippen molar-refractivity contribution in [1.82, 2.24) is 15.2 Å². The minimum absolute atomic E-state index is 0. The van der Waals surface area contributed by atoms with Gasteiger partial charge in [0.25, 0.3) is 0 Å². The highest BCUT2D eigenvalue weighted by molar-refractivity contribution is 6.14. The molecule has 1 amide bonds. The number of amides is 1. The molecule has 1 aromatic heterocycles. The third kappa shape index (κ3) is 5.32. The first-order valence-electron chi connectivity index (χ1n) is 10.8. The van der Waals surface area contributed by atoms with Crippen LogP contribution < -0.4 is 5.32 Å². The van der Waals surface area contributed by atoms with E-state index < -0.39 is 6.04 Å². The van der Waals surface area contributed by atoms with Crippen molar-refractivity contribution in [3.63, 3.8) is 0 Å². The molecule has 0 aromatic carbocycles. The first-order chi connectivity index (χ1) is 15.6. The van der Waals surface area contributed by atoms with Crippen LogP contribution in [0.2, 0.25) is 0 Å². The van der Waals surface area contributed by atoms with Gasteiger partial charge in [0.1, 0.15) is 17.7 Å². The quantitative estimate of drug-likeness (QED) is 0.332. The summed E-state index contributed by atoms with van der Waals surface area (Å²) in [7, 11) is 0. The number of carbonyl (C=O) groups is 1. The summed E-state index contributed by atoms with van der Waals surface area (Å²) in [4.78, 5) is 27.4. The number of nitrogens with zero attached hydrogens (tertiary/aromatic N) is 4. The van der Waals surface area contributed by atoms with Crippen LogP contribution in [0.1, 0.15) is 50.7 Å². The molecule has 8 nitrogen and oxygen atoms in total. The summed E-state index contributed by atoms with van der Waals surface area (Å²) in [6.45, 7) is 3.65. The molecular formula is C24H29N7O. The van der Waals surface area contributed by atoms with Crippen LogP contribution in [0.4, 0.5) is 0 Å². The smallest absolute Gasteiger partial charge is 0.249 e. The van der Waals surface area contributed by atoms with Gasteiger partial charge in [0.2, 0.25) is 5.91 Å². The largest absolute Gasteiger partial charge is 0.317 e. The normalized spacial score (nSPS) is 20.6. The monoisotopic (exact) mass is 431 g/mol. The van der Waals surface area contributed by atoms with Gasteiger partial charge >= 0.3 is 0 Å². The summed E-state index contributed by atoms with van der Waals surface area (Å²) < 4.78 is 0. The van der Waals surface area contributed by atoms with Crippen LogP contribution in [0, 0.1) is 10.8 Å². The third-order valence-corrected chi connectivity index (χ3v) is 5.56. The van der Waals surface area contributed by atoms with Crippen molar-refractivity contribution in [2.24, 2.45) is 9.98 Å². The molecule has 0 spiro atoms. The first kappa shape index (κ1) is 21.5. The molecule has 1 aliphatic heterocycles. The number of amidine groups is 2. The second kappa shape index (κ2) is 9.64. The number of rotatable bonds is 8. The van der Waals surface area contributed by atoms with Crippen LogP contribution in [0.5, 0.6) is 0 Å². The molecule has 32 heavy (non-hydrogen) atoms. The molecule has 1 atom stereocenters. The Labute approximate surface area is 189 Å². The summed E-state index contributed by atoms with van der Waals surface area (Å²) in [6.07, 6.45) is 16.0. The van der Waals surface area contributed by atoms with E-state index in [9.17, 15) is 4.79 Å². The highest BCUT2D eigenvalue weighted by Crippen LogP contribution is 2.38. The summed E-state index contributed by atoms with van der Waals surface area (Å²) >= 11 is 0. The number of aliphatic imine (C=N–C) groups is 2. The highest BCUT2D eigenvalue weighted by atomic mass is 16.1. The van der Waals surface area contributed by atoms with E-state index in [2.05, 4.69) is 26.9 Å². The Morgan fingerprint density at radius 3 is 2.72 bits per heavy atom. The van der Waals surface area contributed by atoms with Crippen LogP contribution >= 0.6 is 0 Å². The van der Waals surface area contributed by atoms with E-state index >= 15 is 0 Å². The molecule has 4 rings (SSSR count). The third-order valence-electron chi connectivity index (χ3n) is 5.56. The second-order valence-electron chi connectivity index (χ2n) is 8.09. The maximum atomic E-state index is 12.5.